The van der Waals surface area contributed by atoms with Gasteiger partial charge in [0.05, 0.1) is 10.9 Å². The number of aromatic nitrogens is 3. The Balaban J connectivity index is 1.79. The van der Waals surface area contributed by atoms with Crippen molar-refractivity contribution in [3.63, 3.8) is 0 Å². The first-order valence-corrected chi connectivity index (χ1v) is 10.6. The lowest BCUT2D eigenvalue weighted by molar-refractivity contribution is 0.149. The summed E-state index contributed by atoms with van der Waals surface area (Å²) >= 11 is 1.55. The van der Waals surface area contributed by atoms with Crippen LogP contribution >= 0.6 is 11.3 Å². The van der Waals surface area contributed by atoms with Crippen molar-refractivity contribution in [3.8, 4) is 5.88 Å². The van der Waals surface area contributed by atoms with E-state index in [1.807, 2.05) is 6.92 Å². The average Bonchev–Trinajstić information content (AvgIpc) is 3.14. The monoisotopic (exact) mass is 384 g/mol. The molecule has 27 heavy (non-hydrogen) atoms. The van der Waals surface area contributed by atoms with Crippen LogP contribution in [0.3, 0.4) is 0 Å². The van der Waals surface area contributed by atoms with E-state index in [0.717, 1.165) is 22.9 Å². The minimum absolute atomic E-state index is 0.0442. The Kier molecular flexibility index (Phi) is 4.95. The molecule has 0 aliphatic carbocycles. The normalized spacial score (nSPS) is 19.8. The third-order valence-corrected chi connectivity index (χ3v) is 6.60. The van der Waals surface area contributed by atoms with Crippen LogP contribution in [0.4, 0.5) is 0 Å². The van der Waals surface area contributed by atoms with E-state index in [9.17, 15) is 5.11 Å². The van der Waals surface area contributed by atoms with E-state index >= 15 is 0 Å². The van der Waals surface area contributed by atoms with E-state index in [1.54, 1.807) is 15.9 Å². The number of thiazole rings is 1. The summed E-state index contributed by atoms with van der Waals surface area (Å²) in [5.41, 5.74) is 2.57. The van der Waals surface area contributed by atoms with Gasteiger partial charge in [-0.15, -0.1) is 5.10 Å². The molecule has 1 aliphatic heterocycles. The standard InChI is InChI=1S/C21H28N4OS/c1-13(2)16-7-9-17(10-8-16)18(24-11-5-6-14(3)12-24)19-20(26)25-21(27-19)22-15(4)23-25/h7-10,13-14,18,26H,5-6,11-12H2,1-4H3/t14-,18+/m0/s1. The molecule has 1 fully saturated rings. The minimum atomic E-state index is 0.0442. The topological polar surface area (TPSA) is 53.7 Å². The Morgan fingerprint density at radius 3 is 2.52 bits per heavy atom. The summed E-state index contributed by atoms with van der Waals surface area (Å²) in [4.78, 5) is 8.67. The molecule has 0 spiro atoms. The molecular formula is C21H28N4OS. The number of aromatic hydroxyl groups is 1. The third kappa shape index (κ3) is 3.48. The molecule has 1 aliphatic rings. The second-order valence-electron chi connectivity index (χ2n) is 8.11. The molecule has 1 aromatic carbocycles. The van der Waals surface area contributed by atoms with E-state index < -0.39 is 0 Å². The van der Waals surface area contributed by atoms with Gasteiger partial charge in [-0.25, -0.2) is 4.98 Å². The highest BCUT2D eigenvalue weighted by atomic mass is 32.1. The van der Waals surface area contributed by atoms with Gasteiger partial charge in [-0.1, -0.05) is 56.4 Å². The van der Waals surface area contributed by atoms with Gasteiger partial charge in [-0.3, -0.25) is 4.90 Å². The molecule has 3 heterocycles. The largest absolute Gasteiger partial charge is 0.492 e. The van der Waals surface area contributed by atoms with Crippen LogP contribution in [0.5, 0.6) is 5.88 Å². The Morgan fingerprint density at radius 1 is 1.19 bits per heavy atom. The highest BCUT2D eigenvalue weighted by Crippen LogP contribution is 2.41. The maximum Gasteiger partial charge on any atom is 0.230 e. The fourth-order valence-corrected chi connectivity index (χ4v) is 5.24. The SMILES string of the molecule is Cc1nc2sc([C@@H](c3ccc(C(C)C)cc3)N3CCC[C@H](C)C3)c(O)n2n1. The number of aryl methyl sites for hydroxylation is 1. The number of hydrogen-bond donors (Lipinski definition) is 1. The Bertz CT molecular complexity index is 928. The van der Waals surface area contributed by atoms with E-state index in [-0.39, 0.29) is 11.9 Å². The molecule has 0 radical (unpaired) electrons. The third-order valence-electron chi connectivity index (χ3n) is 5.53. The summed E-state index contributed by atoms with van der Waals surface area (Å²) < 4.78 is 1.58. The predicted molar refractivity (Wildman–Crippen MR) is 110 cm³/mol. The number of nitrogens with zero attached hydrogens (tertiary/aromatic N) is 4. The molecule has 2 aromatic heterocycles. The van der Waals surface area contributed by atoms with Crippen LogP contribution in [0.1, 0.15) is 67.4 Å². The molecule has 0 amide bonds. The molecule has 4 rings (SSSR count). The van der Waals surface area contributed by atoms with Crippen LogP contribution in [0.2, 0.25) is 0 Å². The number of piperidine rings is 1. The summed E-state index contributed by atoms with van der Waals surface area (Å²) in [6.45, 7) is 10.7. The van der Waals surface area contributed by atoms with Crippen molar-refractivity contribution >= 4 is 16.3 Å². The molecule has 0 bridgehead atoms. The fourth-order valence-electron chi connectivity index (χ4n) is 4.08. The predicted octanol–water partition coefficient (Wildman–Crippen LogP) is 4.75. The molecule has 6 heteroatoms. The van der Waals surface area contributed by atoms with Crippen molar-refractivity contribution in [3.05, 3.63) is 46.1 Å². The quantitative estimate of drug-likeness (QED) is 0.705. The van der Waals surface area contributed by atoms with Gasteiger partial charge in [0.25, 0.3) is 0 Å². The second kappa shape index (κ2) is 7.24. The van der Waals surface area contributed by atoms with Crippen LogP contribution in [0.15, 0.2) is 24.3 Å². The van der Waals surface area contributed by atoms with Gasteiger partial charge in [-0.05, 0) is 49.3 Å². The first-order valence-electron chi connectivity index (χ1n) is 9.83. The zero-order chi connectivity index (χ0) is 19.1. The smallest absolute Gasteiger partial charge is 0.230 e. The molecule has 3 aromatic rings. The second-order valence-corrected chi connectivity index (χ2v) is 9.12. The first-order chi connectivity index (χ1) is 12.9. The van der Waals surface area contributed by atoms with Crippen LogP contribution in [-0.2, 0) is 0 Å². The lowest BCUT2D eigenvalue weighted by Gasteiger charge is -2.37. The van der Waals surface area contributed by atoms with E-state index in [2.05, 4.69) is 60.0 Å². The van der Waals surface area contributed by atoms with Gasteiger partial charge in [0.1, 0.15) is 5.82 Å². The van der Waals surface area contributed by atoms with Gasteiger partial charge in [-0.2, -0.15) is 4.52 Å². The molecule has 144 valence electrons. The number of hydrogen-bond acceptors (Lipinski definition) is 5. The van der Waals surface area contributed by atoms with Gasteiger partial charge < -0.3 is 5.11 Å². The van der Waals surface area contributed by atoms with Crippen molar-refractivity contribution in [1.82, 2.24) is 19.5 Å². The van der Waals surface area contributed by atoms with Crippen molar-refractivity contribution in [1.29, 1.82) is 0 Å². The maximum absolute atomic E-state index is 10.9. The average molecular weight is 385 g/mol. The lowest BCUT2D eigenvalue weighted by atomic mass is 9.94. The van der Waals surface area contributed by atoms with E-state index in [0.29, 0.717) is 17.7 Å². The number of rotatable bonds is 4. The Morgan fingerprint density at radius 2 is 1.89 bits per heavy atom. The van der Waals surface area contributed by atoms with Crippen molar-refractivity contribution in [2.24, 2.45) is 5.92 Å². The highest BCUT2D eigenvalue weighted by molar-refractivity contribution is 7.17. The van der Waals surface area contributed by atoms with Gasteiger partial charge >= 0.3 is 0 Å². The van der Waals surface area contributed by atoms with Crippen LogP contribution in [-0.4, -0.2) is 37.7 Å². The molecular weight excluding hydrogens is 356 g/mol. The van der Waals surface area contributed by atoms with E-state index in [4.69, 9.17) is 0 Å². The summed E-state index contributed by atoms with van der Waals surface area (Å²) in [5.74, 6) is 2.10. The molecule has 5 nitrogen and oxygen atoms in total. The van der Waals surface area contributed by atoms with E-state index in [1.165, 1.54) is 24.0 Å². The van der Waals surface area contributed by atoms with Crippen molar-refractivity contribution in [2.75, 3.05) is 13.1 Å². The molecule has 0 unspecified atom stereocenters. The zero-order valence-electron chi connectivity index (χ0n) is 16.5. The highest BCUT2D eigenvalue weighted by Gasteiger charge is 2.31. The molecule has 0 saturated carbocycles. The van der Waals surface area contributed by atoms with Crippen molar-refractivity contribution < 1.29 is 5.11 Å². The summed E-state index contributed by atoms with van der Waals surface area (Å²) in [6.07, 6.45) is 2.47. The van der Waals surface area contributed by atoms with Gasteiger partial charge in [0, 0.05) is 6.54 Å². The number of fused-ring (bicyclic) bond motifs is 1. The summed E-state index contributed by atoms with van der Waals surface area (Å²) in [7, 11) is 0. The van der Waals surface area contributed by atoms with Gasteiger partial charge in [0.15, 0.2) is 0 Å². The first kappa shape index (κ1) is 18.4. The van der Waals surface area contributed by atoms with Crippen LogP contribution in [0.25, 0.3) is 4.96 Å². The number of benzene rings is 1. The fraction of sp³-hybridized carbons (Fsp3) is 0.524. The molecule has 1 saturated heterocycles. The maximum atomic E-state index is 10.9. The van der Waals surface area contributed by atoms with Crippen LogP contribution in [0, 0.1) is 12.8 Å². The molecule has 2 atom stereocenters. The van der Waals surface area contributed by atoms with Crippen LogP contribution < -0.4 is 0 Å². The summed E-state index contributed by atoms with van der Waals surface area (Å²) in [5, 5.41) is 15.3. The Hall–Kier alpha value is -1.92. The number of likely N-dealkylation sites (tertiary alicyclic amines) is 1. The lowest BCUT2D eigenvalue weighted by Crippen LogP contribution is -2.37. The zero-order valence-corrected chi connectivity index (χ0v) is 17.3. The van der Waals surface area contributed by atoms with Gasteiger partial charge in [0.2, 0.25) is 10.8 Å². The minimum Gasteiger partial charge on any atom is -0.492 e. The Labute approximate surface area is 164 Å². The van der Waals surface area contributed by atoms with Crippen molar-refractivity contribution in [2.45, 2.75) is 52.5 Å². The molecule has 1 N–H and O–H groups in total. The summed E-state index contributed by atoms with van der Waals surface area (Å²) in [6, 6.07) is 8.93.